The number of rotatable bonds is 5. The van der Waals surface area contributed by atoms with E-state index >= 15 is 0 Å². The Bertz CT molecular complexity index is 442. The molecule has 1 aliphatic rings. The second-order valence-electron chi connectivity index (χ2n) is 5.34. The minimum absolute atomic E-state index is 0.277. The lowest BCUT2D eigenvalue weighted by molar-refractivity contribution is -0.132. The van der Waals surface area contributed by atoms with Crippen LogP contribution in [0.1, 0.15) is 17.5 Å². The minimum atomic E-state index is 0.277. The van der Waals surface area contributed by atoms with Gasteiger partial charge >= 0.3 is 0 Å². The molecule has 1 amide bonds. The van der Waals surface area contributed by atoms with E-state index in [-0.39, 0.29) is 5.91 Å². The van der Waals surface area contributed by atoms with E-state index in [9.17, 15) is 4.79 Å². The molecular formula is C16H23ClN2O. The fraction of sp³-hybridized carbons (Fsp3) is 0.562. The van der Waals surface area contributed by atoms with Crippen LogP contribution in [-0.4, -0.2) is 54.3 Å². The molecule has 4 heteroatoms. The fourth-order valence-corrected chi connectivity index (χ4v) is 2.87. The number of amides is 1. The maximum atomic E-state index is 12.2. The van der Waals surface area contributed by atoms with Crippen molar-refractivity contribution in [2.45, 2.75) is 19.8 Å². The molecule has 0 atom stereocenters. The Kier molecular flexibility index (Phi) is 5.86. The molecule has 1 fully saturated rings. The van der Waals surface area contributed by atoms with Gasteiger partial charge < -0.3 is 4.90 Å². The van der Waals surface area contributed by atoms with E-state index in [0.29, 0.717) is 12.3 Å². The van der Waals surface area contributed by atoms with Crippen molar-refractivity contribution < 1.29 is 4.79 Å². The standard InChI is InChI=1S/C16H23ClN2O/c1-14-4-2-3-5-15(14)6-7-16(20)19-12-10-18(9-8-17)11-13-19/h2-5H,6-13H2,1H3. The molecule has 1 aliphatic heterocycles. The van der Waals surface area contributed by atoms with Crippen molar-refractivity contribution in [2.24, 2.45) is 0 Å². The monoisotopic (exact) mass is 294 g/mol. The quantitative estimate of drug-likeness (QED) is 0.778. The number of carbonyl (C=O) groups excluding carboxylic acids is 1. The van der Waals surface area contributed by atoms with Gasteiger partial charge in [0.2, 0.25) is 5.91 Å². The molecule has 1 heterocycles. The summed E-state index contributed by atoms with van der Waals surface area (Å²) in [4.78, 5) is 16.5. The van der Waals surface area contributed by atoms with Gasteiger partial charge in [-0.15, -0.1) is 11.6 Å². The van der Waals surface area contributed by atoms with Crippen molar-refractivity contribution in [3.63, 3.8) is 0 Å². The largest absolute Gasteiger partial charge is 0.340 e. The van der Waals surface area contributed by atoms with Crippen LogP contribution in [0.3, 0.4) is 0 Å². The number of nitrogens with zero attached hydrogens (tertiary/aromatic N) is 2. The van der Waals surface area contributed by atoms with E-state index < -0.39 is 0 Å². The van der Waals surface area contributed by atoms with Crippen LogP contribution in [0.5, 0.6) is 0 Å². The smallest absolute Gasteiger partial charge is 0.222 e. The Morgan fingerprint density at radius 2 is 1.90 bits per heavy atom. The van der Waals surface area contributed by atoms with E-state index in [2.05, 4.69) is 24.0 Å². The second kappa shape index (κ2) is 7.65. The molecule has 3 nitrogen and oxygen atoms in total. The van der Waals surface area contributed by atoms with Crippen molar-refractivity contribution in [1.29, 1.82) is 0 Å². The molecular weight excluding hydrogens is 272 g/mol. The van der Waals surface area contributed by atoms with Gasteiger partial charge in [0.15, 0.2) is 0 Å². The first-order valence-corrected chi connectivity index (χ1v) is 7.85. The van der Waals surface area contributed by atoms with Gasteiger partial charge in [0.25, 0.3) is 0 Å². The summed E-state index contributed by atoms with van der Waals surface area (Å²) >= 11 is 5.74. The van der Waals surface area contributed by atoms with Crippen molar-refractivity contribution in [1.82, 2.24) is 9.80 Å². The molecule has 0 saturated carbocycles. The summed E-state index contributed by atoms with van der Waals surface area (Å²) in [6.07, 6.45) is 1.45. The fourth-order valence-electron chi connectivity index (χ4n) is 2.63. The number of piperazine rings is 1. The van der Waals surface area contributed by atoms with Crippen molar-refractivity contribution >= 4 is 17.5 Å². The van der Waals surface area contributed by atoms with Crippen molar-refractivity contribution in [3.8, 4) is 0 Å². The molecule has 1 saturated heterocycles. The molecule has 20 heavy (non-hydrogen) atoms. The van der Waals surface area contributed by atoms with E-state index in [4.69, 9.17) is 11.6 Å². The number of hydrogen-bond acceptors (Lipinski definition) is 2. The van der Waals surface area contributed by atoms with Crippen LogP contribution in [0.4, 0.5) is 0 Å². The van der Waals surface area contributed by atoms with Crippen LogP contribution in [-0.2, 0) is 11.2 Å². The highest BCUT2D eigenvalue weighted by atomic mass is 35.5. The van der Waals surface area contributed by atoms with E-state index in [1.165, 1.54) is 11.1 Å². The zero-order chi connectivity index (χ0) is 14.4. The molecule has 0 radical (unpaired) electrons. The van der Waals surface area contributed by atoms with Crippen LogP contribution < -0.4 is 0 Å². The SMILES string of the molecule is Cc1ccccc1CCC(=O)N1CCN(CCCl)CC1. The highest BCUT2D eigenvalue weighted by Crippen LogP contribution is 2.11. The highest BCUT2D eigenvalue weighted by Gasteiger charge is 2.20. The van der Waals surface area contributed by atoms with Crippen LogP contribution in [0.25, 0.3) is 0 Å². The van der Waals surface area contributed by atoms with Gasteiger partial charge in [-0.3, -0.25) is 9.69 Å². The Hall–Kier alpha value is -1.06. The summed E-state index contributed by atoms with van der Waals surface area (Å²) in [5, 5.41) is 0. The van der Waals surface area contributed by atoms with Crippen molar-refractivity contribution in [2.75, 3.05) is 38.6 Å². The Morgan fingerprint density at radius 3 is 2.55 bits per heavy atom. The summed E-state index contributed by atoms with van der Waals surface area (Å²) in [6, 6.07) is 8.29. The molecule has 1 aromatic rings. The predicted octanol–water partition coefficient (Wildman–Crippen LogP) is 2.31. The van der Waals surface area contributed by atoms with Crippen LogP contribution >= 0.6 is 11.6 Å². The van der Waals surface area contributed by atoms with Gasteiger partial charge in [-0.25, -0.2) is 0 Å². The molecule has 0 aliphatic carbocycles. The average Bonchev–Trinajstić information content (AvgIpc) is 2.47. The van der Waals surface area contributed by atoms with Gasteiger partial charge in [0, 0.05) is 45.0 Å². The van der Waals surface area contributed by atoms with Gasteiger partial charge in [0.1, 0.15) is 0 Å². The summed E-state index contributed by atoms with van der Waals surface area (Å²) in [5.41, 5.74) is 2.55. The third kappa shape index (κ3) is 4.22. The topological polar surface area (TPSA) is 23.6 Å². The second-order valence-corrected chi connectivity index (χ2v) is 5.72. The summed E-state index contributed by atoms with van der Waals surface area (Å²) in [5.74, 6) is 0.945. The number of aryl methyl sites for hydroxylation is 2. The first-order chi connectivity index (χ1) is 9.70. The summed E-state index contributed by atoms with van der Waals surface area (Å²) < 4.78 is 0. The lowest BCUT2D eigenvalue weighted by Gasteiger charge is -2.34. The normalized spacial score (nSPS) is 16.4. The number of halogens is 1. The zero-order valence-corrected chi connectivity index (χ0v) is 12.9. The van der Waals surface area contributed by atoms with Crippen LogP contribution in [0.2, 0.25) is 0 Å². The molecule has 0 bridgehead atoms. The molecule has 0 N–H and O–H groups in total. The third-order valence-corrected chi connectivity index (χ3v) is 4.16. The maximum absolute atomic E-state index is 12.2. The predicted molar refractivity (Wildman–Crippen MR) is 83.2 cm³/mol. The Labute approximate surface area is 126 Å². The number of alkyl halides is 1. The lowest BCUT2D eigenvalue weighted by Crippen LogP contribution is -2.49. The average molecular weight is 295 g/mol. The van der Waals surface area contributed by atoms with Gasteiger partial charge in [-0.1, -0.05) is 24.3 Å². The molecule has 0 spiro atoms. The Balaban J connectivity index is 1.77. The van der Waals surface area contributed by atoms with E-state index in [0.717, 1.165) is 39.1 Å². The first-order valence-electron chi connectivity index (χ1n) is 7.31. The van der Waals surface area contributed by atoms with Crippen LogP contribution in [0, 0.1) is 6.92 Å². The lowest BCUT2D eigenvalue weighted by atomic mass is 10.0. The van der Waals surface area contributed by atoms with E-state index in [1.54, 1.807) is 0 Å². The molecule has 110 valence electrons. The van der Waals surface area contributed by atoms with Crippen LogP contribution in [0.15, 0.2) is 24.3 Å². The molecule has 1 aromatic carbocycles. The van der Waals surface area contributed by atoms with E-state index in [1.807, 2.05) is 17.0 Å². The maximum Gasteiger partial charge on any atom is 0.222 e. The molecule has 2 rings (SSSR count). The molecule has 0 unspecified atom stereocenters. The number of carbonyl (C=O) groups is 1. The van der Waals surface area contributed by atoms with Gasteiger partial charge in [-0.05, 0) is 24.5 Å². The highest BCUT2D eigenvalue weighted by molar-refractivity contribution is 6.18. The van der Waals surface area contributed by atoms with Crippen molar-refractivity contribution in [3.05, 3.63) is 35.4 Å². The van der Waals surface area contributed by atoms with Gasteiger partial charge in [-0.2, -0.15) is 0 Å². The van der Waals surface area contributed by atoms with Gasteiger partial charge in [0.05, 0.1) is 0 Å². The summed E-state index contributed by atoms with van der Waals surface area (Å²) in [7, 11) is 0. The number of hydrogen-bond donors (Lipinski definition) is 0. The zero-order valence-electron chi connectivity index (χ0n) is 12.1. The molecule has 0 aromatic heterocycles. The first kappa shape index (κ1) is 15.3. The Morgan fingerprint density at radius 1 is 1.20 bits per heavy atom. The summed E-state index contributed by atoms with van der Waals surface area (Å²) in [6.45, 7) is 6.59. The third-order valence-electron chi connectivity index (χ3n) is 4.00. The number of benzene rings is 1. The minimum Gasteiger partial charge on any atom is -0.340 e.